The van der Waals surface area contributed by atoms with E-state index in [2.05, 4.69) is 17.1 Å². The van der Waals surface area contributed by atoms with Gasteiger partial charge in [-0.1, -0.05) is 6.92 Å². The molecular formula is C8H15ClN2O. The molecule has 1 aliphatic heterocycles. The van der Waals surface area contributed by atoms with Crippen molar-refractivity contribution in [2.24, 2.45) is 0 Å². The van der Waals surface area contributed by atoms with Crippen LogP contribution in [0, 0.1) is 0 Å². The summed E-state index contributed by atoms with van der Waals surface area (Å²) in [5, 5.41) is 2.45. The molecule has 0 bridgehead atoms. The molecule has 0 aromatic heterocycles. The lowest BCUT2D eigenvalue weighted by Gasteiger charge is -2.38. The second-order valence-electron chi connectivity index (χ2n) is 3.17. The highest BCUT2D eigenvalue weighted by Crippen LogP contribution is 2.07. The van der Waals surface area contributed by atoms with Gasteiger partial charge < -0.3 is 5.32 Å². The van der Waals surface area contributed by atoms with Gasteiger partial charge in [-0.2, -0.15) is 0 Å². The molecule has 0 saturated carbocycles. The number of hydrogen-bond acceptors (Lipinski definition) is 2. The normalized spacial score (nSPS) is 21.6. The summed E-state index contributed by atoms with van der Waals surface area (Å²) in [6, 6.07) is 0.318. The lowest BCUT2D eigenvalue weighted by Crippen LogP contribution is -2.59. The van der Waals surface area contributed by atoms with Crippen molar-refractivity contribution in [3.8, 4) is 0 Å². The van der Waals surface area contributed by atoms with Crippen molar-refractivity contribution in [2.75, 3.05) is 19.6 Å². The number of rotatable bonds is 3. The maximum absolute atomic E-state index is 11.1. The van der Waals surface area contributed by atoms with Crippen molar-refractivity contribution in [3.63, 3.8) is 0 Å². The van der Waals surface area contributed by atoms with Crippen molar-refractivity contribution in [1.82, 2.24) is 10.2 Å². The standard InChI is InChI=1S/C8H15ClN2O/c1-3-11-4-7(5-11)10-8(12)6(2)9/h6-7H,3-5H2,1-2H3,(H,10,12). The van der Waals surface area contributed by atoms with E-state index in [0.29, 0.717) is 6.04 Å². The molecule has 0 aliphatic carbocycles. The predicted molar refractivity (Wildman–Crippen MR) is 49.4 cm³/mol. The van der Waals surface area contributed by atoms with Crippen LogP contribution in [0.1, 0.15) is 13.8 Å². The highest BCUT2D eigenvalue weighted by molar-refractivity contribution is 6.30. The van der Waals surface area contributed by atoms with Gasteiger partial charge in [-0.25, -0.2) is 0 Å². The molecule has 1 unspecified atom stereocenters. The van der Waals surface area contributed by atoms with Gasteiger partial charge in [0.05, 0.1) is 6.04 Å². The lowest BCUT2D eigenvalue weighted by molar-refractivity contribution is -0.122. The Balaban J connectivity index is 2.14. The zero-order valence-corrected chi connectivity index (χ0v) is 8.27. The first-order valence-electron chi connectivity index (χ1n) is 4.30. The number of likely N-dealkylation sites (tertiary alicyclic amines) is 1. The zero-order valence-electron chi connectivity index (χ0n) is 7.51. The van der Waals surface area contributed by atoms with Crippen molar-refractivity contribution in [1.29, 1.82) is 0 Å². The smallest absolute Gasteiger partial charge is 0.238 e. The molecule has 1 rings (SSSR count). The number of amides is 1. The van der Waals surface area contributed by atoms with E-state index >= 15 is 0 Å². The van der Waals surface area contributed by atoms with Gasteiger partial charge in [0.2, 0.25) is 5.91 Å². The van der Waals surface area contributed by atoms with Crippen LogP contribution in [-0.4, -0.2) is 41.9 Å². The summed E-state index contributed by atoms with van der Waals surface area (Å²) in [4.78, 5) is 13.3. The fraction of sp³-hybridized carbons (Fsp3) is 0.875. The topological polar surface area (TPSA) is 32.3 Å². The quantitative estimate of drug-likeness (QED) is 0.655. The molecule has 0 aromatic carbocycles. The van der Waals surface area contributed by atoms with Gasteiger partial charge in [0, 0.05) is 13.1 Å². The fourth-order valence-electron chi connectivity index (χ4n) is 1.24. The molecule has 1 heterocycles. The van der Waals surface area contributed by atoms with Gasteiger partial charge >= 0.3 is 0 Å². The number of nitrogens with zero attached hydrogens (tertiary/aromatic N) is 1. The maximum Gasteiger partial charge on any atom is 0.238 e. The minimum atomic E-state index is -0.416. The molecule has 1 atom stereocenters. The predicted octanol–water partition coefficient (Wildman–Crippen LogP) is 0.434. The van der Waals surface area contributed by atoms with E-state index in [1.807, 2.05) is 0 Å². The van der Waals surface area contributed by atoms with E-state index in [1.54, 1.807) is 6.92 Å². The first-order chi connectivity index (χ1) is 5.63. The molecule has 1 aliphatic rings. The third-order valence-electron chi connectivity index (χ3n) is 2.11. The molecule has 4 heteroatoms. The van der Waals surface area contributed by atoms with E-state index in [0.717, 1.165) is 19.6 Å². The fourth-order valence-corrected chi connectivity index (χ4v) is 1.30. The first-order valence-corrected chi connectivity index (χ1v) is 4.74. The molecule has 0 radical (unpaired) electrons. The Morgan fingerprint density at radius 1 is 1.75 bits per heavy atom. The summed E-state index contributed by atoms with van der Waals surface area (Å²) in [6.45, 7) is 6.79. The maximum atomic E-state index is 11.1. The van der Waals surface area contributed by atoms with Crippen LogP contribution in [0.4, 0.5) is 0 Å². The summed E-state index contributed by atoms with van der Waals surface area (Å²) >= 11 is 5.60. The number of halogens is 1. The molecule has 0 spiro atoms. The monoisotopic (exact) mass is 190 g/mol. The minimum Gasteiger partial charge on any atom is -0.350 e. The van der Waals surface area contributed by atoms with Crippen LogP contribution >= 0.6 is 11.6 Å². The second kappa shape index (κ2) is 4.10. The van der Waals surface area contributed by atoms with Crippen LogP contribution in [0.25, 0.3) is 0 Å². The van der Waals surface area contributed by atoms with Crippen molar-refractivity contribution in [2.45, 2.75) is 25.3 Å². The Bertz CT molecular complexity index is 166. The average Bonchev–Trinajstić information content (AvgIpc) is 1.94. The summed E-state index contributed by atoms with van der Waals surface area (Å²) in [5.41, 5.74) is 0. The van der Waals surface area contributed by atoms with E-state index in [1.165, 1.54) is 0 Å². The summed E-state index contributed by atoms with van der Waals surface area (Å²) in [6.07, 6.45) is 0. The Kier molecular flexibility index (Phi) is 3.35. The van der Waals surface area contributed by atoms with Crippen molar-refractivity contribution < 1.29 is 4.79 Å². The van der Waals surface area contributed by atoms with Gasteiger partial charge in [0.1, 0.15) is 5.38 Å². The molecule has 1 fully saturated rings. The van der Waals surface area contributed by atoms with Gasteiger partial charge in [0.15, 0.2) is 0 Å². The molecule has 1 N–H and O–H groups in total. The summed E-state index contributed by atoms with van der Waals surface area (Å²) < 4.78 is 0. The summed E-state index contributed by atoms with van der Waals surface area (Å²) in [5.74, 6) is -0.0579. The number of nitrogens with one attached hydrogen (secondary N) is 1. The third-order valence-corrected chi connectivity index (χ3v) is 2.31. The van der Waals surface area contributed by atoms with Crippen LogP contribution in [0.3, 0.4) is 0 Å². The Labute approximate surface area is 78.1 Å². The highest BCUT2D eigenvalue weighted by Gasteiger charge is 2.27. The highest BCUT2D eigenvalue weighted by atomic mass is 35.5. The number of carbonyl (C=O) groups is 1. The molecule has 3 nitrogen and oxygen atoms in total. The number of alkyl halides is 1. The number of carbonyl (C=O) groups excluding carboxylic acids is 1. The molecule has 1 amide bonds. The van der Waals surface area contributed by atoms with Crippen LogP contribution < -0.4 is 5.32 Å². The van der Waals surface area contributed by atoms with Gasteiger partial charge in [-0.3, -0.25) is 9.69 Å². The molecule has 0 aromatic rings. The van der Waals surface area contributed by atoms with Crippen LogP contribution in [0.5, 0.6) is 0 Å². The molecule has 12 heavy (non-hydrogen) atoms. The third kappa shape index (κ3) is 2.35. The average molecular weight is 191 g/mol. The molecular weight excluding hydrogens is 176 g/mol. The lowest BCUT2D eigenvalue weighted by atomic mass is 10.1. The summed E-state index contributed by atoms with van der Waals surface area (Å²) in [7, 11) is 0. The van der Waals surface area contributed by atoms with Gasteiger partial charge in [0.25, 0.3) is 0 Å². The Hall–Kier alpha value is -0.280. The van der Waals surface area contributed by atoms with E-state index < -0.39 is 5.38 Å². The Morgan fingerprint density at radius 3 is 2.75 bits per heavy atom. The first kappa shape index (κ1) is 9.81. The number of hydrogen-bond donors (Lipinski definition) is 1. The van der Waals surface area contributed by atoms with Crippen LogP contribution in [0.2, 0.25) is 0 Å². The SMILES string of the molecule is CCN1CC(NC(=O)C(C)Cl)C1. The van der Waals surface area contributed by atoms with E-state index in [9.17, 15) is 4.79 Å². The number of likely N-dealkylation sites (N-methyl/N-ethyl adjacent to an activating group) is 1. The van der Waals surface area contributed by atoms with E-state index in [-0.39, 0.29) is 5.91 Å². The zero-order chi connectivity index (χ0) is 9.14. The van der Waals surface area contributed by atoms with Gasteiger partial charge in [-0.15, -0.1) is 11.6 Å². The van der Waals surface area contributed by atoms with Gasteiger partial charge in [-0.05, 0) is 13.5 Å². The van der Waals surface area contributed by atoms with Crippen molar-refractivity contribution in [3.05, 3.63) is 0 Å². The van der Waals surface area contributed by atoms with Crippen LogP contribution in [-0.2, 0) is 4.79 Å². The van der Waals surface area contributed by atoms with Crippen LogP contribution in [0.15, 0.2) is 0 Å². The molecule has 70 valence electrons. The van der Waals surface area contributed by atoms with Crippen molar-refractivity contribution >= 4 is 17.5 Å². The second-order valence-corrected chi connectivity index (χ2v) is 3.83. The molecule has 1 saturated heterocycles. The minimum absolute atomic E-state index is 0.0579. The largest absolute Gasteiger partial charge is 0.350 e. The Morgan fingerprint density at radius 2 is 2.33 bits per heavy atom. The van der Waals surface area contributed by atoms with E-state index in [4.69, 9.17) is 11.6 Å².